The Labute approximate surface area is 258 Å². The number of Topliss-reactive ketones (excluding diaryl/α,β-unsaturated/α-hetero) is 1. The number of unbranched alkanes of at least 4 members (excludes halogenated alkanes) is 1. The number of amides is 1. The average Bonchev–Trinajstić information content (AvgIpc) is 3.58. The number of hydrogen-bond donors (Lipinski definition) is 1. The molecule has 0 aliphatic carbocycles. The quantitative estimate of drug-likeness (QED) is 0.0951. The van der Waals surface area contributed by atoms with Crippen molar-refractivity contribution in [2.45, 2.75) is 32.7 Å². The minimum atomic E-state index is -1.01. The van der Waals surface area contributed by atoms with E-state index < -0.39 is 17.7 Å². The number of carbonyl (C=O) groups is 2. The fraction of sp³-hybridized carbons (Fsp3) is 0.303. The van der Waals surface area contributed by atoms with Crippen molar-refractivity contribution < 1.29 is 38.4 Å². The topological polar surface area (TPSA) is 117 Å². The predicted octanol–water partition coefficient (Wildman–Crippen LogP) is 6.28. The lowest BCUT2D eigenvalue weighted by Crippen LogP contribution is -2.29. The van der Waals surface area contributed by atoms with Crippen LogP contribution in [0.2, 0.25) is 0 Å². The molecule has 0 radical (unpaired) electrons. The van der Waals surface area contributed by atoms with E-state index in [-0.39, 0.29) is 11.3 Å². The third kappa shape index (κ3) is 5.39. The predicted molar refractivity (Wildman–Crippen MR) is 166 cm³/mol. The number of ketones is 1. The van der Waals surface area contributed by atoms with Gasteiger partial charge in [-0.3, -0.25) is 14.5 Å². The van der Waals surface area contributed by atoms with E-state index >= 15 is 0 Å². The zero-order valence-corrected chi connectivity index (χ0v) is 25.4. The van der Waals surface area contributed by atoms with E-state index in [1.165, 1.54) is 16.2 Å². The molecular formula is C33H32N2O8S. The van der Waals surface area contributed by atoms with E-state index in [1.807, 2.05) is 13.0 Å². The number of hydrogen-bond acceptors (Lipinski definition) is 10. The maximum absolute atomic E-state index is 13.8. The number of nitrogens with zero attached hydrogens (tertiary/aromatic N) is 2. The Morgan fingerprint density at radius 2 is 1.82 bits per heavy atom. The Morgan fingerprint density at radius 1 is 1.00 bits per heavy atom. The van der Waals surface area contributed by atoms with Gasteiger partial charge in [-0.05, 0) is 67.4 Å². The lowest BCUT2D eigenvalue weighted by molar-refractivity contribution is -0.132. The fourth-order valence-corrected chi connectivity index (χ4v) is 6.24. The smallest absolute Gasteiger partial charge is 0.301 e. The molecule has 1 amide bonds. The first kappa shape index (κ1) is 29.3. The van der Waals surface area contributed by atoms with Gasteiger partial charge in [0.1, 0.15) is 24.7 Å². The van der Waals surface area contributed by atoms with Gasteiger partial charge in [-0.2, -0.15) is 0 Å². The highest BCUT2D eigenvalue weighted by Crippen LogP contribution is 2.46. The summed E-state index contributed by atoms with van der Waals surface area (Å²) in [6.45, 7) is 5.62. The molecule has 1 saturated heterocycles. The molecule has 3 aromatic carbocycles. The molecule has 0 bridgehead atoms. The summed E-state index contributed by atoms with van der Waals surface area (Å²) in [5, 5.41) is 12.0. The summed E-state index contributed by atoms with van der Waals surface area (Å²) in [6.07, 6.45) is 1.86. The number of anilines is 1. The van der Waals surface area contributed by atoms with Crippen molar-refractivity contribution in [3.8, 4) is 28.7 Å². The van der Waals surface area contributed by atoms with E-state index in [2.05, 4.69) is 6.92 Å². The van der Waals surface area contributed by atoms with E-state index in [1.54, 1.807) is 55.6 Å². The zero-order chi connectivity index (χ0) is 30.8. The molecule has 2 aliphatic rings. The number of rotatable bonds is 10. The summed E-state index contributed by atoms with van der Waals surface area (Å²) in [6, 6.07) is 14.6. The molecule has 44 heavy (non-hydrogen) atoms. The monoisotopic (exact) mass is 616 g/mol. The van der Waals surface area contributed by atoms with E-state index in [0.717, 1.165) is 17.5 Å². The number of aliphatic hydroxyl groups excluding tert-OH is 1. The summed E-state index contributed by atoms with van der Waals surface area (Å²) in [7, 11) is 1.57. The van der Waals surface area contributed by atoms with Crippen molar-refractivity contribution in [1.82, 2.24) is 4.98 Å². The maximum atomic E-state index is 13.8. The molecule has 1 fully saturated rings. The Bertz CT molecular complexity index is 1760. The standard InChI is InChI=1S/C33H32N2O8S/c1-4-6-13-41-23-11-7-19(16-25(23)40-5-2)29-28(30(36)20-8-12-24-26(17-20)43-15-14-42-24)31(37)32(38)35(29)33-34-22-10-9-21(39-3)18-27(22)44-33/h7-12,16-18,29,36H,4-6,13-15H2,1-3H3/t29-/m1/s1. The number of aliphatic hydroxyl groups is 1. The van der Waals surface area contributed by atoms with Gasteiger partial charge in [-0.25, -0.2) is 4.98 Å². The molecule has 11 heteroatoms. The van der Waals surface area contributed by atoms with Crippen LogP contribution in [0.5, 0.6) is 28.7 Å². The number of thiazole rings is 1. The molecule has 228 valence electrons. The minimum absolute atomic E-state index is 0.0781. The molecule has 0 saturated carbocycles. The first-order valence-corrected chi connectivity index (χ1v) is 15.3. The first-order chi connectivity index (χ1) is 21.4. The summed E-state index contributed by atoms with van der Waals surface area (Å²) in [5.41, 5.74) is 1.43. The number of benzene rings is 3. The van der Waals surface area contributed by atoms with Gasteiger partial charge in [-0.15, -0.1) is 0 Å². The van der Waals surface area contributed by atoms with Crippen molar-refractivity contribution >= 4 is 44.1 Å². The molecule has 0 spiro atoms. The zero-order valence-electron chi connectivity index (χ0n) is 24.6. The van der Waals surface area contributed by atoms with Crippen LogP contribution in [0.1, 0.15) is 43.9 Å². The summed E-state index contributed by atoms with van der Waals surface area (Å²) >= 11 is 1.25. The van der Waals surface area contributed by atoms with Gasteiger partial charge in [0.2, 0.25) is 0 Å². The van der Waals surface area contributed by atoms with E-state index in [9.17, 15) is 14.7 Å². The van der Waals surface area contributed by atoms with Gasteiger partial charge in [0, 0.05) is 5.56 Å². The molecular weight excluding hydrogens is 584 g/mol. The van der Waals surface area contributed by atoms with Crippen LogP contribution >= 0.6 is 11.3 Å². The van der Waals surface area contributed by atoms with Crippen molar-refractivity contribution in [1.29, 1.82) is 0 Å². The van der Waals surface area contributed by atoms with Gasteiger partial charge in [-0.1, -0.05) is 30.7 Å². The molecule has 6 rings (SSSR count). The third-order valence-electron chi connectivity index (χ3n) is 7.39. The van der Waals surface area contributed by atoms with Crippen molar-refractivity contribution in [3.63, 3.8) is 0 Å². The van der Waals surface area contributed by atoms with Gasteiger partial charge in [0.05, 0.1) is 42.2 Å². The van der Waals surface area contributed by atoms with Gasteiger partial charge in [0.25, 0.3) is 5.78 Å². The minimum Gasteiger partial charge on any atom is -0.507 e. The van der Waals surface area contributed by atoms with Gasteiger partial charge < -0.3 is 28.8 Å². The summed E-state index contributed by atoms with van der Waals surface area (Å²) in [4.78, 5) is 33.6. The molecule has 2 aliphatic heterocycles. The Morgan fingerprint density at radius 3 is 2.59 bits per heavy atom. The summed E-state index contributed by atoms with van der Waals surface area (Å²) < 4.78 is 29.4. The number of methoxy groups -OCH3 is 1. The second-order valence-corrected chi connectivity index (χ2v) is 11.2. The highest BCUT2D eigenvalue weighted by Gasteiger charge is 2.48. The molecule has 1 atom stereocenters. The van der Waals surface area contributed by atoms with Gasteiger partial charge >= 0.3 is 5.91 Å². The van der Waals surface area contributed by atoms with Crippen molar-refractivity contribution in [2.75, 3.05) is 38.4 Å². The third-order valence-corrected chi connectivity index (χ3v) is 8.41. The van der Waals surface area contributed by atoms with Crippen LogP contribution in [0.4, 0.5) is 5.13 Å². The van der Waals surface area contributed by atoms with Crippen LogP contribution in [0, 0.1) is 0 Å². The SMILES string of the molecule is CCCCOc1ccc([C@@H]2C(=C(O)c3ccc4c(c3)OCCO4)C(=O)C(=O)N2c2nc3ccc(OC)cc3s2)cc1OCC. The van der Waals surface area contributed by atoms with Crippen LogP contribution in [-0.4, -0.2) is 55.3 Å². The molecule has 1 aromatic heterocycles. The van der Waals surface area contributed by atoms with Crippen LogP contribution in [0.25, 0.3) is 16.0 Å². The molecule has 4 aromatic rings. The number of aromatic nitrogens is 1. The van der Waals surface area contributed by atoms with Crippen molar-refractivity contribution in [3.05, 3.63) is 71.3 Å². The number of fused-ring (bicyclic) bond motifs is 2. The second kappa shape index (κ2) is 12.5. The number of carbonyl (C=O) groups excluding carboxylic acids is 2. The Kier molecular flexibility index (Phi) is 8.30. The number of ether oxygens (including phenoxy) is 5. The largest absolute Gasteiger partial charge is 0.507 e. The van der Waals surface area contributed by atoms with Gasteiger partial charge in [0.15, 0.2) is 28.1 Å². The first-order valence-electron chi connectivity index (χ1n) is 14.5. The van der Waals surface area contributed by atoms with Crippen LogP contribution < -0.4 is 28.6 Å². The van der Waals surface area contributed by atoms with E-state index in [4.69, 9.17) is 28.7 Å². The van der Waals surface area contributed by atoms with Crippen LogP contribution in [-0.2, 0) is 9.59 Å². The van der Waals surface area contributed by atoms with Crippen LogP contribution in [0.3, 0.4) is 0 Å². The molecule has 3 heterocycles. The highest BCUT2D eigenvalue weighted by atomic mass is 32.1. The highest BCUT2D eigenvalue weighted by molar-refractivity contribution is 7.22. The Hall–Kier alpha value is -4.77. The van der Waals surface area contributed by atoms with Crippen molar-refractivity contribution in [2.24, 2.45) is 0 Å². The summed E-state index contributed by atoms with van der Waals surface area (Å²) in [5.74, 6) is 0.677. The molecule has 1 N–H and O–H groups in total. The average molecular weight is 617 g/mol. The maximum Gasteiger partial charge on any atom is 0.301 e. The second-order valence-electron chi connectivity index (χ2n) is 10.2. The molecule has 0 unspecified atom stereocenters. The Balaban J connectivity index is 1.51. The van der Waals surface area contributed by atoms with Crippen LogP contribution in [0.15, 0.2) is 60.2 Å². The normalized spacial score (nSPS) is 17.2. The molecule has 10 nitrogen and oxygen atoms in total. The van der Waals surface area contributed by atoms with E-state index in [0.29, 0.717) is 77.0 Å². The lowest BCUT2D eigenvalue weighted by Gasteiger charge is -2.24. The fourth-order valence-electron chi connectivity index (χ4n) is 5.22. The lowest BCUT2D eigenvalue weighted by atomic mass is 9.95.